The smallest absolute Gasteiger partial charge is 0.453 e. The van der Waals surface area contributed by atoms with E-state index < -0.39 is 12.0 Å². The minimum Gasteiger partial charge on any atom is -0.481 e. The first-order valence-electron chi connectivity index (χ1n) is 6.79. The van der Waals surface area contributed by atoms with E-state index in [1.54, 1.807) is 6.20 Å². The second-order valence-corrected chi connectivity index (χ2v) is 4.98. The Hall–Kier alpha value is -2.64. The van der Waals surface area contributed by atoms with Gasteiger partial charge in [-0.1, -0.05) is 18.2 Å². The van der Waals surface area contributed by atoms with Crippen LogP contribution >= 0.6 is 0 Å². The van der Waals surface area contributed by atoms with E-state index in [2.05, 4.69) is 15.1 Å². The number of aromatic nitrogens is 4. The highest BCUT2D eigenvalue weighted by molar-refractivity contribution is 5.89. The Balaban J connectivity index is 2.05. The van der Waals surface area contributed by atoms with Crippen molar-refractivity contribution in [3.05, 3.63) is 47.7 Å². The molecule has 8 heteroatoms. The van der Waals surface area contributed by atoms with Crippen LogP contribution in [-0.2, 0) is 12.7 Å². The Bertz CT molecular complexity index is 858. The van der Waals surface area contributed by atoms with Gasteiger partial charge in [0.15, 0.2) is 0 Å². The molecular weight excluding hydrogens is 309 g/mol. The van der Waals surface area contributed by atoms with Crippen LogP contribution < -0.4 is 4.74 Å². The number of alkyl halides is 3. The fourth-order valence-electron chi connectivity index (χ4n) is 2.37. The van der Waals surface area contributed by atoms with Gasteiger partial charge in [0.25, 0.3) is 5.82 Å². The van der Waals surface area contributed by atoms with Crippen molar-refractivity contribution in [3.63, 3.8) is 0 Å². The number of aryl methyl sites for hydroxylation is 1. The molecule has 0 spiro atoms. The summed E-state index contributed by atoms with van der Waals surface area (Å²) in [6.45, 7) is 1.63. The summed E-state index contributed by atoms with van der Waals surface area (Å²) in [6, 6.07) is 7.41. The highest BCUT2D eigenvalue weighted by Crippen LogP contribution is 2.28. The van der Waals surface area contributed by atoms with E-state index in [0.29, 0.717) is 5.88 Å². The molecule has 0 atom stereocenters. The number of fused-ring (bicyclic) bond motifs is 1. The van der Waals surface area contributed by atoms with Gasteiger partial charge in [-0.3, -0.25) is 0 Å². The summed E-state index contributed by atoms with van der Waals surface area (Å²) in [5.74, 6) is -0.478. The number of nitrogens with zero attached hydrogens (tertiary/aromatic N) is 4. The van der Waals surface area contributed by atoms with Gasteiger partial charge in [0, 0.05) is 17.1 Å². The average Bonchev–Trinajstić information content (AvgIpc) is 2.89. The molecule has 23 heavy (non-hydrogen) atoms. The van der Waals surface area contributed by atoms with Crippen LogP contribution in [0.5, 0.6) is 5.88 Å². The van der Waals surface area contributed by atoms with Crippen molar-refractivity contribution in [2.75, 3.05) is 7.11 Å². The van der Waals surface area contributed by atoms with Crippen LogP contribution in [0.25, 0.3) is 10.8 Å². The van der Waals surface area contributed by atoms with Crippen molar-refractivity contribution in [1.82, 2.24) is 19.7 Å². The number of ether oxygens (including phenoxy) is 1. The second kappa shape index (κ2) is 5.53. The molecule has 0 unspecified atom stereocenters. The van der Waals surface area contributed by atoms with Crippen LogP contribution in [0.4, 0.5) is 13.2 Å². The Morgan fingerprint density at radius 1 is 1.17 bits per heavy atom. The van der Waals surface area contributed by atoms with Gasteiger partial charge in [-0.15, -0.1) is 5.10 Å². The lowest BCUT2D eigenvalue weighted by molar-refractivity contribution is -0.145. The highest BCUT2D eigenvalue weighted by atomic mass is 19.4. The molecule has 0 aliphatic carbocycles. The molecule has 2 heterocycles. The van der Waals surface area contributed by atoms with E-state index in [0.717, 1.165) is 16.3 Å². The van der Waals surface area contributed by atoms with Crippen LogP contribution in [0.15, 0.2) is 30.5 Å². The normalized spacial score (nSPS) is 11.9. The van der Waals surface area contributed by atoms with Crippen molar-refractivity contribution in [2.45, 2.75) is 19.6 Å². The Labute approximate surface area is 129 Å². The number of halogens is 3. The Morgan fingerprint density at radius 2 is 1.87 bits per heavy atom. The van der Waals surface area contributed by atoms with Gasteiger partial charge in [0.1, 0.15) is 5.82 Å². The number of methoxy groups -OCH3 is 1. The first-order valence-corrected chi connectivity index (χ1v) is 6.79. The molecule has 3 rings (SSSR count). The molecule has 0 radical (unpaired) electrons. The van der Waals surface area contributed by atoms with Gasteiger partial charge < -0.3 is 4.74 Å². The monoisotopic (exact) mass is 322 g/mol. The molecule has 0 bridgehead atoms. The van der Waals surface area contributed by atoms with E-state index in [9.17, 15) is 13.2 Å². The van der Waals surface area contributed by atoms with Crippen molar-refractivity contribution < 1.29 is 17.9 Å². The van der Waals surface area contributed by atoms with E-state index in [-0.39, 0.29) is 12.4 Å². The lowest BCUT2D eigenvalue weighted by Crippen LogP contribution is -2.10. The summed E-state index contributed by atoms with van der Waals surface area (Å²) in [4.78, 5) is 7.67. The highest BCUT2D eigenvalue weighted by Gasteiger charge is 2.36. The quantitative estimate of drug-likeness (QED) is 0.743. The molecule has 120 valence electrons. The van der Waals surface area contributed by atoms with Crippen LogP contribution in [0, 0.1) is 6.92 Å². The third kappa shape index (κ3) is 2.84. The first kappa shape index (κ1) is 15.3. The SMILES string of the molecule is COc1ncc(Cn2nc(C(F)(F)F)nc2C)c2ccccc12. The zero-order valence-corrected chi connectivity index (χ0v) is 12.4. The van der Waals surface area contributed by atoms with Gasteiger partial charge in [-0.25, -0.2) is 14.6 Å². The molecule has 0 amide bonds. The lowest BCUT2D eigenvalue weighted by Gasteiger charge is -2.10. The largest absolute Gasteiger partial charge is 0.481 e. The number of benzene rings is 1. The number of hydrogen-bond acceptors (Lipinski definition) is 4. The molecule has 0 aliphatic rings. The van der Waals surface area contributed by atoms with Gasteiger partial charge in [0.05, 0.1) is 13.7 Å². The Kier molecular flexibility index (Phi) is 3.67. The maximum absolute atomic E-state index is 12.7. The van der Waals surface area contributed by atoms with Crippen LogP contribution in [-0.4, -0.2) is 26.9 Å². The Morgan fingerprint density at radius 3 is 2.48 bits per heavy atom. The molecule has 1 aromatic carbocycles. The molecule has 0 aliphatic heterocycles. The van der Waals surface area contributed by atoms with E-state index in [4.69, 9.17) is 4.74 Å². The summed E-state index contributed by atoms with van der Waals surface area (Å²) in [5.41, 5.74) is 0.739. The molecule has 0 fully saturated rings. The zero-order chi connectivity index (χ0) is 16.6. The fourth-order valence-corrected chi connectivity index (χ4v) is 2.37. The van der Waals surface area contributed by atoms with Crippen molar-refractivity contribution in [1.29, 1.82) is 0 Å². The lowest BCUT2D eigenvalue weighted by atomic mass is 10.1. The summed E-state index contributed by atoms with van der Waals surface area (Å²) >= 11 is 0. The standard InChI is InChI=1S/C15H13F3N4O/c1-9-20-14(15(16,17)18)21-22(9)8-10-7-19-13(23-2)12-6-4-3-5-11(10)12/h3-7H,8H2,1-2H3. The molecule has 0 saturated carbocycles. The summed E-state index contributed by atoms with van der Waals surface area (Å²) in [5, 5.41) is 5.19. The first-order chi connectivity index (χ1) is 10.9. The van der Waals surface area contributed by atoms with Gasteiger partial charge in [-0.2, -0.15) is 13.2 Å². The van der Waals surface area contributed by atoms with Gasteiger partial charge >= 0.3 is 6.18 Å². The molecule has 5 nitrogen and oxygen atoms in total. The predicted molar refractivity (Wildman–Crippen MR) is 77.2 cm³/mol. The zero-order valence-electron chi connectivity index (χ0n) is 12.4. The average molecular weight is 322 g/mol. The van der Waals surface area contributed by atoms with Crippen molar-refractivity contribution in [2.24, 2.45) is 0 Å². The summed E-state index contributed by atoms with van der Waals surface area (Å²) in [6.07, 6.45) is -2.98. The van der Waals surface area contributed by atoms with Crippen LogP contribution in [0.3, 0.4) is 0 Å². The predicted octanol–water partition coefficient (Wildman–Crippen LogP) is 3.21. The molecule has 2 aromatic heterocycles. The number of rotatable bonds is 3. The van der Waals surface area contributed by atoms with Gasteiger partial charge in [-0.05, 0) is 18.4 Å². The fraction of sp³-hybridized carbons (Fsp3) is 0.267. The van der Waals surface area contributed by atoms with Crippen LogP contribution in [0.2, 0.25) is 0 Å². The minimum absolute atomic E-state index is 0.145. The van der Waals surface area contributed by atoms with E-state index in [1.165, 1.54) is 18.7 Å². The number of pyridine rings is 1. The molecule has 0 N–H and O–H groups in total. The van der Waals surface area contributed by atoms with Crippen molar-refractivity contribution >= 4 is 10.8 Å². The second-order valence-electron chi connectivity index (χ2n) is 4.98. The molecular formula is C15H13F3N4O. The maximum atomic E-state index is 12.7. The molecule has 3 aromatic rings. The third-order valence-corrected chi connectivity index (χ3v) is 3.46. The number of hydrogen-bond donors (Lipinski definition) is 0. The summed E-state index contributed by atoms with van der Waals surface area (Å²) < 4.78 is 44.5. The van der Waals surface area contributed by atoms with Gasteiger partial charge in [0.2, 0.25) is 5.88 Å². The van der Waals surface area contributed by atoms with Crippen LogP contribution in [0.1, 0.15) is 17.2 Å². The summed E-state index contributed by atoms with van der Waals surface area (Å²) in [7, 11) is 1.52. The van der Waals surface area contributed by atoms with E-state index >= 15 is 0 Å². The maximum Gasteiger partial charge on any atom is 0.453 e. The van der Waals surface area contributed by atoms with E-state index in [1.807, 2.05) is 24.3 Å². The minimum atomic E-state index is -4.56. The van der Waals surface area contributed by atoms with Crippen molar-refractivity contribution in [3.8, 4) is 5.88 Å². The third-order valence-electron chi connectivity index (χ3n) is 3.46. The molecule has 0 saturated heterocycles. The topological polar surface area (TPSA) is 52.8 Å².